The van der Waals surface area contributed by atoms with Crippen LogP contribution in [0.3, 0.4) is 0 Å². The molecule has 0 spiro atoms. The number of nitrogens with zero attached hydrogens (tertiary/aromatic N) is 1. The van der Waals surface area contributed by atoms with E-state index in [2.05, 4.69) is 12.2 Å². The lowest BCUT2D eigenvalue weighted by Crippen LogP contribution is -2.53. The van der Waals surface area contributed by atoms with Crippen LogP contribution in [0.1, 0.15) is 27.2 Å². The van der Waals surface area contributed by atoms with Gasteiger partial charge < -0.3 is 15.0 Å². The van der Waals surface area contributed by atoms with Crippen molar-refractivity contribution in [2.24, 2.45) is 0 Å². The second-order valence-corrected chi connectivity index (χ2v) is 5.61. The van der Waals surface area contributed by atoms with Crippen LogP contribution >= 0.6 is 0 Å². The maximum Gasteiger partial charge on any atom is 0.246 e. The molecule has 0 aromatic heterocycles. The summed E-state index contributed by atoms with van der Waals surface area (Å²) in [5, 5.41) is 3.37. The summed E-state index contributed by atoms with van der Waals surface area (Å²) in [4.78, 5) is 14.5. The largest absolute Gasteiger partial charge is 0.497 e. The molecule has 1 aromatic carbocycles. The van der Waals surface area contributed by atoms with E-state index in [1.807, 2.05) is 43.0 Å². The highest BCUT2D eigenvalue weighted by atomic mass is 16.5. The Kier molecular flexibility index (Phi) is 3.80. The van der Waals surface area contributed by atoms with E-state index in [-0.39, 0.29) is 5.91 Å². The summed E-state index contributed by atoms with van der Waals surface area (Å²) in [5.74, 6) is 0.916. The Hall–Kier alpha value is -1.55. The van der Waals surface area contributed by atoms with Crippen LogP contribution in [0.5, 0.6) is 5.75 Å². The molecule has 1 heterocycles. The molecular formula is C15H22N2O2. The molecule has 4 heteroatoms. The Morgan fingerprint density at radius 3 is 2.53 bits per heavy atom. The number of amides is 1. The molecule has 4 nitrogen and oxygen atoms in total. The molecule has 2 rings (SSSR count). The molecule has 1 atom stereocenters. The van der Waals surface area contributed by atoms with Crippen molar-refractivity contribution in [3.8, 4) is 5.75 Å². The minimum Gasteiger partial charge on any atom is -0.497 e. The van der Waals surface area contributed by atoms with Gasteiger partial charge in [-0.15, -0.1) is 0 Å². The predicted molar refractivity (Wildman–Crippen MR) is 76.6 cm³/mol. The number of ether oxygens (including phenoxy) is 1. The Morgan fingerprint density at radius 1 is 1.32 bits per heavy atom. The summed E-state index contributed by atoms with van der Waals surface area (Å²) >= 11 is 0. The maximum absolute atomic E-state index is 12.6. The van der Waals surface area contributed by atoms with Gasteiger partial charge in [-0.3, -0.25) is 4.79 Å². The van der Waals surface area contributed by atoms with E-state index < -0.39 is 5.54 Å². The number of rotatable bonds is 2. The number of carbonyl (C=O) groups excluding carboxylic acids is 1. The van der Waals surface area contributed by atoms with Gasteiger partial charge in [0, 0.05) is 18.3 Å². The number of carbonyl (C=O) groups is 1. The van der Waals surface area contributed by atoms with Gasteiger partial charge in [-0.2, -0.15) is 0 Å². The van der Waals surface area contributed by atoms with Crippen molar-refractivity contribution in [2.45, 2.75) is 38.8 Å². The standard InChI is InChI=1S/C15H22N2O2/c1-11-9-10-17(14(18)15(2,3)16-11)12-5-7-13(19-4)8-6-12/h5-8,11,16H,9-10H2,1-4H3. The maximum atomic E-state index is 12.6. The number of anilines is 1. The van der Waals surface area contributed by atoms with Gasteiger partial charge in [-0.05, 0) is 51.5 Å². The summed E-state index contributed by atoms with van der Waals surface area (Å²) < 4.78 is 5.15. The highest BCUT2D eigenvalue weighted by Gasteiger charge is 2.36. The molecule has 0 aliphatic carbocycles. The fourth-order valence-electron chi connectivity index (χ4n) is 2.52. The van der Waals surface area contributed by atoms with Gasteiger partial charge in [-0.25, -0.2) is 0 Å². The Bertz CT molecular complexity index is 454. The third-order valence-corrected chi connectivity index (χ3v) is 3.56. The van der Waals surface area contributed by atoms with E-state index in [0.717, 1.165) is 24.4 Å². The lowest BCUT2D eigenvalue weighted by atomic mass is 10.0. The molecule has 1 N–H and O–H groups in total. The van der Waals surface area contributed by atoms with E-state index >= 15 is 0 Å². The molecule has 1 aliphatic heterocycles. The van der Waals surface area contributed by atoms with Crippen molar-refractivity contribution >= 4 is 11.6 Å². The zero-order valence-corrected chi connectivity index (χ0v) is 12.1. The number of benzene rings is 1. The molecule has 1 aromatic rings. The molecule has 1 aliphatic rings. The molecule has 104 valence electrons. The molecule has 0 saturated carbocycles. The summed E-state index contributed by atoms with van der Waals surface area (Å²) in [6.07, 6.45) is 0.946. The quantitative estimate of drug-likeness (QED) is 0.888. The summed E-state index contributed by atoms with van der Waals surface area (Å²) in [5.41, 5.74) is 0.394. The predicted octanol–water partition coefficient (Wildman–Crippen LogP) is 2.19. The van der Waals surface area contributed by atoms with Gasteiger partial charge in [0.25, 0.3) is 0 Å². The highest BCUT2D eigenvalue weighted by Crippen LogP contribution is 2.24. The van der Waals surface area contributed by atoms with Crippen LogP contribution < -0.4 is 15.0 Å². The van der Waals surface area contributed by atoms with E-state index in [4.69, 9.17) is 4.74 Å². The Balaban J connectivity index is 2.28. The fraction of sp³-hybridized carbons (Fsp3) is 0.533. The average Bonchev–Trinajstić information content (AvgIpc) is 2.47. The lowest BCUT2D eigenvalue weighted by Gasteiger charge is -2.30. The van der Waals surface area contributed by atoms with Gasteiger partial charge in [0.05, 0.1) is 12.6 Å². The van der Waals surface area contributed by atoms with Crippen molar-refractivity contribution in [3.05, 3.63) is 24.3 Å². The van der Waals surface area contributed by atoms with Crippen LogP contribution in [0.4, 0.5) is 5.69 Å². The van der Waals surface area contributed by atoms with Crippen molar-refractivity contribution in [2.75, 3.05) is 18.6 Å². The van der Waals surface area contributed by atoms with Crippen LogP contribution in [-0.2, 0) is 4.79 Å². The molecule has 1 unspecified atom stereocenters. The number of hydrogen-bond acceptors (Lipinski definition) is 3. The van der Waals surface area contributed by atoms with Crippen molar-refractivity contribution in [1.29, 1.82) is 0 Å². The number of methoxy groups -OCH3 is 1. The minimum atomic E-state index is -0.532. The highest BCUT2D eigenvalue weighted by molar-refractivity contribution is 6.00. The first-order valence-corrected chi connectivity index (χ1v) is 6.68. The molecule has 19 heavy (non-hydrogen) atoms. The lowest BCUT2D eigenvalue weighted by molar-refractivity contribution is -0.123. The molecule has 1 saturated heterocycles. The number of hydrogen-bond donors (Lipinski definition) is 1. The molecule has 1 amide bonds. The molecule has 1 fully saturated rings. The first-order chi connectivity index (χ1) is 8.94. The summed E-state index contributed by atoms with van der Waals surface area (Å²) in [6, 6.07) is 7.97. The van der Waals surface area contributed by atoms with E-state index in [9.17, 15) is 4.79 Å². The smallest absolute Gasteiger partial charge is 0.246 e. The molecule has 0 radical (unpaired) electrons. The van der Waals surface area contributed by atoms with Crippen LogP contribution in [0.25, 0.3) is 0 Å². The van der Waals surface area contributed by atoms with Crippen molar-refractivity contribution in [3.63, 3.8) is 0 Å². The first kappa shape index (κ1) is 13.9. The monoisotopic (exact) mass is 262 g/mol. The van der Waals surface area contributed by atoms with E-state index in [1.54, 1.807) is 7.11 Å². The van der Waals surface area contributed by atoms with Crippen LogP contribution in [0.15, 0.2) is 24.3 Å². The van der Waals surface area contributed by atoms with Crippen LogP contribution in [0, 0.1) is 0 Å². The second-order valence-electron chi connectivity index (χ2n) is 5.61. The van der Waals surface area contributed by atoms with Crippen LogP contribution in [0.2, 0.25) is 0 Å². The Morgan fingerprint density at radius 2 is 1.95 bits per heavy atom. The third kappa shape index (κ3) is 2.89. The minimum absolute atomic E-state index is 0.113. The summed E-state index contributed by atoms with van der Waals surface area (Å²) in [6.45, 7) is 6.73. The average molecular weight is 262 g/mol. The number of nitrogens with one attached hydrogen (secondary N) is 1. The second kappa shape index (κ2) is 5.21. The zero-order chi connectivity index (χ0) is 14.0. The zero-order valence-electron chi connectivity index (χ0n) is 12.1. The normalized spacial score (nSPS) is 23.1. The van der Waals surface area contributed by atoms with E-state index in [0.29, 0.717) is 6.04 Å². The van der Waals surface area contributed by atoms with Gasteiger partial charge in [0.15, 0.2) is 0 Å². The van der Waals surface area contributed by atoms with Crippen LogP contribution in [-0.4, -0.2) is 31.1 Å². The van der Waals surface area contributed by atoms with Crippen molar-refractivity contribution in [1.82, 2.24) is 5.32 Å². The first-order valence-electron chi connectivity index (χ1n) is 6.68. The van der Waals surface area contributed by atoms with Gasteiger partial charge in [-0.1, -0.05) is 0 Å². The molecule has 0 bridgehead atoms. The van der Waals surface area contributed by atoms with Gasteiger partial charge in [0.1, 0.15) is 5.75 Å². The Labute approximate surface area is 114 Å². The SMILES string of the molecule is COc1ccc(N2CCC(C)NC(C)(C)C2=O)cc1. The van der Waals surface area contributed by atoms with E-state index in [1.165, 1.54) is 0 Å². The third-order valence-electron chi connectivity index (χ3n) is 3.56. The fourth-order valence-corrected chi connectivity index (χ4v) is 2.52. The summed E-state index contributed by atoms with van der Waals surface area (Å²) in [7, 11) is 1.64. The topological polar surface area (TPSA) is 41.6 Å². The van der Waals surface area contributed by atoms with Gasteiger partial charge in [0.2, 0.25) is 5.91 Å². The van der Waals surface area contributed by atoms with Crippen molar-refractivity contribution < 1.29 is 9.53 Å². The molecular weight excluding hydrogens is 240 g/mol. The van der Waals surface area contributed by atoms with Gasteiger partial charge >= 0.3 is 0 Å².